The first kappa shape index (κ1) is 15.4. The summed E-state index contributed by atoms with van der Waals surface area (Å²) in [7, 11) is 0. The van der Waals surface area contributed by atoms with Crippen molar-refractivity contribution >= 4 is 38.4 Å². The molecule has 23 heavy (non-hydrogen) atoms. The Bertz CT molecular complexity index is 939. The fraction of sp³-hybridized carbons (Fsp3) is 0.125. The van der Waals surface area contributed by atoms with Crippen LogP contribution in [0.1, 0.15) is 13.0 Å². The second-order valence-corrected chi connectivity index (χ2v) is 5.95. The van der Waals surface area contributed by atoms with Crippen LogP contribution in [0.2, 0.25) is 0 Å². The van der Waals surface area contributed by atoms with Crippen molar-refractivity contribution in [3.63, 3.8) is 0 Å². The van der Waals surface area contributed by atoms with Gasteiger partial charge < -0.3 is 5.32 Å². The molecule has 2 aromatic carbocycles. The number of halogens is 1. The minimum Gasteiger partial charge on any atom is -0.324 e. The summed E-state index contributed by atoms with van der Waals surface area (Å²) in [4.78, 5) is 24.8. The Hall–Kier alpha value is -2.54. The van der Waals surface area contributed by atoms with Crippen LogP contribution in [0.15, 0.2) is 57.8 Å². The summed E-state index contributed by atoms with van der Waals surface area (Å²) in [6.07, 6.45) is 0. The van der Waals surface area contributed by atoms with Crippen molar-refractivity contribution in [2.24, 2.45) is 0 Å². The summed E-state index contributed by atoms with van der Waals surface area (Å²) in [6.45, 7) is 1.61. The number of nitrogens with zero attached hydrogens (tertiary/aromatic N) is 3. The number of amides is 1. The fourth-order valence-corrected chi connectivity index (χ4v) is 2.58. The first-order valence-electron chi connectivity index (χ1n) is 6.97. The van der Waals surface area contributed by atoms with Gasteiger partial charge in [-0.15, -0.1) is 5.10 Å². The van der Waals surface area contributed by atoms with Crippen LogP contribution in [0.5, 0.6) is 0 Å². The minimum atomic E-state index is -0.779. The Morgan fingerprint density at radius 2 is 2.00 bits per heavy atom. The zero-order valence-corrected chi connectivity index (χ0v) is 13.8. The zero-order valence-electron chi connectivity index (χ0n) is 12.2. The normalized spacial score (nSPS) is 12.1. The van der Waals surface area contributed by atoms with Crippen molar-refractivity contribution in [3.8, 4) is 0 Å². The van der Waals surface area contributed by atoms with Crippen molar-refractivity contribution < 1.29 is 4.79 Å². The molecule has 0 saturated heterocycles. The molecular weight excluding hydrogens is 360 g/mol. The second-order valence-electron chi connectivity index (χ2n) is 5.03. The molecule has 0 unspecified atom stereocenters. The van der Waals surface area contributed by atoms with Crippen LogP contribution in [0.4, 0.5) is 5.69 Å². The summed E-state index contributed by atoms with van der Waals surface area (Å²) in [5.74, 6) is -0.338. The molecule has 1 amide bonds. The van der Waals surface area contributed by atoms with Crippen LogP contribution >= 0.6 is 15.9 Å². The molecule has 116 valence electrons. The van der Waals surface area contributed by atoms with Gasteiger partial charge in [0.2, 0.25) is 5.91 Å². The predicted molar refractivity (Wildman–Crippen MR) is 91.3 cm³/mol. The molecule has 0 fully saturated rings. The first-order valence-corrected chi connectivity index (χ1v) is 7.76. The third-order valence-electron chi connectivity index (χ3n) is 3.43. The van der Waals surface area contributed by atoms with Gasteiger partial charge in [0, 0.05) is 10.2 Å². The van der Waals surface area contributed by atoms with Crippen LogP contribution in [0.25, 0.3) is 10.9 Å². The highest BCUT2D eigenvalue weighted by Crippen LogP contribution is 2.17. The summed E-state index contributed by atoms with van der Waals surface area (Å²) in [5, 5.41) is 11.1. The SMILES string of the molecule is C[C@@H](C(=O)Nc1cccc(Br)c1)n1nnc2ccccc2c1=O. The van der Waals surface area contributed by atoms with E-state index in [2.05, 4.69) is 31.6 Å². The Kier molecular flexibility index (Phi) is 4.20. The van der Waals surface area contributed by atoms with Gasteiger partial charge in [0.15, 0.2) is 0 Å². The van der Waals surface area contributed by atoms with Gasteiger partial charge in [-0.2, -0.15) is 4.68 Å². The van der Waals surface area contributed by atoms with Crippen LogP contribution in [0.3, 0.4) is 0 Å². The molecule has 1 N–H and O–H groups in total. The summed E-state index contributed by atoms with van der Waals surface area (Å²) in [5.41, 5.74) is 0.805. The van der Waals surface area contributed by atoms with Crippen LogP contribution in [-0.4, -0.2) is 20.9 Å². The van der Waals surface area contributed by atoms with E-state index in [0.29, 0.717) is 16.6 Å². The highest BCUT2D eigenvalue weighted by molar-refractivity contribution is 9.10. The van der Waals surface area contributed by atoms with Gasteiger partial charge in [-0.25, -0.2) is 0 Å². The zero-order chi connectivity index (χ0) is 16.4. The number of nitrogens with one attached hydrogen (secondary N) is 1. The number of benzene rings is 2. The number of fused-ring (bicyclic) bond motifs is 1. The third-order valence-corrected chi connectivity index (χ3v) is 3.92. The Morgan fingerprint density at radius 3 is 2.78 bits per heavy atom. The van der Waals surface area contributed by atoms with E-state index in [-0.39, 0.29) is 11.5 Å². The van der Waals surface area contributed by atoms with Gasteiger partial charge in [0.1, 0.15) is 11.6 Å². The Balaban J connectivity index is 1.90. The molecule has 0 spiro atoms. The molecule has 1 aromatic heterocycles. The fourth-order valence-electron chi connectivity index (χ4n) is 2.18. The molecule has 1 atom stereocenters. The maximum Gasteiger partial charge on any atom is 0.278 e. The van der Waals surface area contributed by atoms with Gasteiger partial charge in [-0.05, 0) is 37.3 Å². The minimum absolute atomic E-state index is 0.338. The van der Waals surface area contributed by atoms with Crippen molar-refractivity contribution in [2.75, 3.05) is 5.32 Å². The van der Waals surface area contributed by atoms with E-state index in [1.807, 2.05) is 12.1 Å². The van der Waals surface area contributed by atoms with E-state index in [4.69, 9.17) is 0 Å². The van der Waals surface area contributed by atoms with Gasteiger partial charge in [-0.3, -0.25) is 9.59 Å². The van der Waals surface area contributed by atoms with Crippen LogP contribution in [-0.2, 0) is 4.79 Å². The third kappa shape index (κ3) is 3.14. The monoisotopic (exact) mass is 372 g/mol. The smallest absolute Gasteiger partial charge is 0.278 e. The maximum atomic E-state index is 12.5. The molecule has 7 heteroatoms. The lowest BCUT2D eigenvalue weighted by Gasteiger charge is -2.13. The molecular formula is C16H13BrN4O2. The lowest BCUT2D eigenvalue weighted by molar-refractivity contribution is -0.119. The standard InChI is InChI=1S/C16H13BrN4O2/c1-10(15(22)18-12-6-4-5-11(17)9-12)21-16(23)13-7-2-3-8-14(13)19-20-21/h2-10H,1H3,(H,18,22)/t10-/m0/s1. The lowest BCUT2D eigenvalue weighted by Crippen LogP contribution is -2.34. The van der Waals surface area contributed by atoms with Crippen LogP contribution in [0, 0.1) is 0 Å². The number of aromatic nitrogens is 3. The van der Waals surface area contributed by atoms with E-state index < -0.39 is 6.04 Å². The van der Waals surface area contributed by atoms with Crippen molar-refractivity contribution in [3.05, 3.63) is 63.4 Å². The lowest BCUT2D eigenvalue weighted by atomic mass is 10.2. The largest absolute Gasteiger partial charge is 0.324 e. The second kappa shape index (κ2) is 6.29. The van der Waals surface area contributed by atoms with E-state index >= 15 is 0 Å². The van der Waals surface area contributed by atoms with Crippen LogP contribution < -0.4 is 10.9 Å². The average molecular weight is 373 g/mol. The predicted octanol–water partition coefficient (Wildman–Crippen LogP) is 2.75. The molecule has 0 saturated carbocycles. The molecule has 3 aromatic rings. The molecule has 0 aliphatic carbocycles. The summed E-state index contributed by atoms with van der Waals surface area (Å²) in [6, 6.07) is 13.3. The number of hydrogen-bond donors (Lipinski definition) is 1. The van der Waals surface area contributed by atoms with Gasteiger partial charge in [0.25, 0.3) is 5.56 Å². The average Bonchev–Trinajstić information content (AvgIpc) is 2.55. The maximum absolute atomic E-state index is 12.5. The molecule has 0 bridgehead atoms. The quantitative estimate of drug-likeness (QED) is 0.766. The van der Waals surface area contributed by atoms with E-state index in [1.165, 1.54) is 0 Å². The van der Waals surface area contributed by atoms with E-state index in [9.17, 15) is 9.59 Å². The van der Waals surface area contributed by atoms with Gasteiger partial charge in [0.05, 0.1) is 5.39 Å². The number of hydrogen-bond acceptors (Lipinski definition) is 4. The summed E-state index contributed by atoms with van der Waals surface area (Å²) >= 11 is 3.34. The molecule has 3 rings (SSSR count). The molecule has 0 aliphatic rings. The summed E-state index contributed by atoms with van der Waals surface area (Å²) < 4.78 is 1.95. The first-order chi connectivity index (χ1) is 11.1. The Morgan fingerprint density at radius 1 is 1.22 bits per heavy atom. The number of carbonyl (C=O) groups is 1. The van der Waals surface area contributed by atoms with Gasteiger partial charge >= 0.3 is 0 Å². The number of rotatable bonds is 3. The van der Waals surface area contributed by atoms with Crippen molar-refractivity contribution in [2.45, 2.75) is 13.0 Å². The molecule has 1 heterocycles. The Labute approximate surface area is 140 Å². The van der Waals surface area contributed by atoms with Crippen molar-refractivity contribution in [1.29, 1.82) is 0 Å². The highest BCUT2D eigenvalue weighted by Gasteiger charge is 2.19. The number of anilines is 1. The van der Waals surface area contributed by atoms with Gasteiger partial charge in [-0.1, -0.05) is 39.3 Å². The molecule has 6 nitrogen and oxygen atoms in total. The van der Waals surface area contributed by atoms with Crippen molar-refractivity contribution in [1.82, 2.24) is 15.0 Å². The van der Waals surface area contributed by atoms with E-state index in [0.717, 1.165) is 9.15 Å². The number of carbonyl (C=O) groups excluding carboxylic acids is 1. The molecule has 0 radical (unpaired) electrons. The van der Waals surface area contributed by atoms with E-state index in [1.54, 1.807) is 43.3 Å². The highest BCUT2D eigenvalue weighted by atomic mass is 79.9. The molecule has 0 aliphatic heterocycles. The topological polar surface area (TPSA) is 76.9 Å².